The van der Waals surface area contributed by atoms with E-state index in [0.29, 0.717) is 23.0 Å². The lowest BCUT2D eigenvalue weighted by Crippen LogP contribution is -2.32. The van der Waals surface area contributed by atoms with Crippen molar-refractivity contribution in [2.24, 2.45) is 5.92 Å². The lowest BCUT2D eigenvalue weighted by atomic mass is 10.1. The minimum absolute atomic E-state index is 0.0607. The molecule has 7 nitrogen and oxygen atoms in total. The summed E-state index contributed by atoms with van der Waals surface area (Å²) in [7, 11) is 6.92. The Morgan fingerprint density at radius 2 is 1.68 bits per heavy atom. The Balaban J connectivity index is 1.38. The monoisotopic (exact) mass is 466 g/mol. The van der Waals surface area contributed by atoms with Crippen molar-refractivity contribution in [3.63, 3.8) is 0 Å². The van der Waals surface area contributed by atoms with Gasteiger partial charge >= 0.3 is 5.97 Å². The number of hydroxylamine groups is 2. The van der Waals surface area contributed by atoms with Gasteiger partial charge in [0.1, 0.15) is 0 Å². The molecule has 2 rings (SSSR count). The fourth-order valence-electron chi connectivity index (χ4n) is 2.56. The van der Waals surface area contributed by atoms with Crippen LogP contribution in [0.2, 0.25) is 0 Å². The summed E-state index contributed by atoms with van der Waals surface area (Å²) in [5.74, 6) is 3.06. The average molecular weight is 467 g/mol. The minimum atomic E-state index is -0.593. The lowest BCUT2D eigenvalue weighted by Gasteiger charge is -2.12. The molecule has 1 N–H and O–H groups in total. The fourth-order valence-corrected chi connectivity index (χ4v) is 7.55. The summed E-state index contributed by atoms with van der Waals surface area (Å²) in [5, 5.41) is 3.52. The van der Waals surface area contributed by atoms with Crippen molar-refractivity contribution in [3.05, 3.63) is 0 Å². The van der Waals surface area contributed by atoms with Crippen molar-refractivity contribution in [2.75, 3.05) is 29.6 Å². The van der Waals surface area contributed by atoms with Gasteiger partial charge in [-0.1, -0.05) is 49.6 Å². The van der Waals surface area contributed by atoms with E-state index in [9.17, 15) is 19.2 Å². The van der Waals surface area contributed by atoms with E-state index in [1.165, 1.54) is 45.9 Å². The van der Waals surface area contributed by atoms with Crippen LogP contribution in [0, 0.1) is 5.92 Å². The summed E-state index contributed by atoms with van der Waals surface area (Å²) in [6, 6.07) is 0. The highest BCUT2D eigenvalue weighted by Gasteiger charge is 2.32. The molecule has 0 aromatic heterocycles. The Morgan fingerprint density at radius 3 is 2.36 bits per heavy atom. The SMILES string of the molecule is O=C(CCSSCCC(=O)ON1C(=O)CCC1=O)NCCCCC1CSSC1. The third-order valence-corrected chi connectivity index (χ3v) is 9.24. The number of rotatable bonds is 13. The molecular formula is C17H26N2O5S4. The van der Waals surface area contributed by atoms with E-state index in [4.69, 9.17) is 4.84 Å². The van der Waals surface area contributed by atoms with Crippen LogP contribution in [0.5, 0.6) is 0 Å². The predicted octanol–water partition coefficient (Wildman–Crippen LogP) is 3.05. The van der Waals surface area contributed by atoms with Crippen LogP contribution in [0.3, 0.4) is 0 Å². The van der Waals surface area contributed by atoms with Crippen molar-refractivity contribution < 1.29 is 24.0 Å². The first-order chi connectivity index (χ1) is 13.6. The third-order valence-electron chi connectivity index (χ3n) is 4.14. The van der Waals surface area contributed by atoms with Gasteiger partial charge in [0.05, 0.1) is 6.42 Å². The average Bonchev–Trinajstić information content (AvgIpc) is 3.29. The summed E-state index contributed by atoms with van der Waals surface area (Å²) in [6.45, 7) is 0.740. The largest absolute Gasteiger partial charge is 0.356 e. The molecule has 2 aliphatic heterocycles. The van der Waals surface area contributed by atoms with Gasteiger partial charge < -0.3 is 10.2 Å². The summed E-state index contributed by atoms with van der Waals surface area (Å²) in [4.78, 5) is 50.9. The molecule has 0 saturated carbocycles. The first-order valence-corrected chi connectivity index (χ1v) is 14.4. The maximum Gasteiger partial charge on any atom is 0.334 e. The summed E-state index contributed by atoms with van der Waals surface area (Å²) in [5.41, 5.74) is 0. The molecule has 0 aromatic rings. The molecule has 2 saturated heterocycles. The molecule has 0 unspecified atom stereocenters. The molecule has 11 heteroatoms. The van der Waals surface area contributed by atoms with Crippen LogP contribution in [0.1, 0.15) is 44.9 Å². The highest BCUT2D eigenvalue weighted by atomic mass is 33.1. The number of amides is 3. The van der Waals surface area contributed by atoms with Crippen LogP contribution in [0.4, 0.5) is 0 Å². The number of imide groups is 1. The van der Waals surface area contributed by atoms with Gasteiger partial charge in [-0.05, 0) is 18.8 Å². The van der Waals surface area contributed by atoms with E-state index in [0.717, 1.165) is 18.9 Å². The maximum absolute atomic E-state index is 11.8. The number of nitrogens with zero attached hydrogens (tertiary/aromatic N) is 1. The molecule has 158 valence electrons. The summed E-state index contributed by atoms with van der Waals surface area (Å²) < 4.78 is 0. The van der Waals surface area contributed by atoms with E-state index < -0.39 is 17.8 Å². The zero-order valence-electron chi connectivity index (χ0n) is 15.7. The molecule has 2 heterocycles. The Kier molecular flexibility index (Phi) is 11.6. The Bertz CT molecular complexity index is 542. The molecule has 0 spiro atoms. The van der Waals surface area contributed by atoms with Crippen LogP contribution in [0.15, 0.2) is 0 Å². The zero-order valence-corrected chi connectivity index (χ0v) is 19.0. The summed E-state index contributed by atoms with van der Waals surface area (Å²) >= 11 is 0. The molecule has 2 aliphatic rings. The quantitative estimate of drug-likeness (QED) is 0.250. The number of carbonyl (C=O) groups is 4. The van der Waals surface area contributed by atoms with Crippen molar-refractivity contribution in [3.8, 4) is 0 Å². The number of nitrogens with one attached hydrogen (secondary N) is 1. The molecule has 0 bridgehead atoms. The standard InChI is InChI=1S/C17H26N2O5S4/c20-14(18-8-2-1-3-13-11-27-28-12-13)6-9-25-26-10-7-17(23)24-19-15(21)4-5-16(19)22/h13H,1-12H2,(H,18,20). The Morgan fingerprint density at radius 1 is 1.04 bits per heavy atom. The van der Waals surface area contributed by atoms with Crippen LogP contribution in [0.25, 0.3) is 0 Å². The van der Waals surface area contributed by atoms with Gasteiger partial charge in [0.25, 0.3) is 11.8 Å². The molecule has 0 atom stereocenters. The molecule has 0 radical (unpaired) electrons. The molecular weight excluding hydrogens is 440 g/mol. The topological polar surface area (TPSA) is 92.8 Å². The molecule has 0 aromatic carbocycles. The molecule has 28 heavy (non-hydrogen) atoms. The van der Waals surface area contributed by atoms with E-state index in [-0.39, 0.29) is 25.2 Å². The fraction of sp³-hybridized carbons (Fsp3) is 0.765. The number of hydrogen-bond donors (Lipinski definition) is 1. The number of hydrogen-bond acceptors (Lipinski definition) is 9. The van der Waals surface area contributed by atoms with E-state index in [1.54, 1.807) is 0 Å². The van der Waals surface area contributed by atoms with Gasteiger partial charge in [0.2, 0.25) is 5.91 Å². The van der Waals surface area contributed by atoms with Crippen molar-refractivity contribution in [1.82, 2.24) is 10.4 Å². The second kappa shape index (κ2) is 13.7. The van der Waals surface area contributed by atoms with E-state index >= 15 is 0 Å². The molecule has 3 amide bonds. The van der Waals surface area contributed by atoms with Gasteiger partial charge in [0.15, 0.2) is 0 Å². The smallest absolute Gasteiger partial charge is 0.334 e. The minimum Gasteiger partial charge on any atom is -0.356 e. The normalized spacial score (nSPS) is 17.4. The zero-order chi connectivity index (χ0) is 20.2. The van der Waals surface area contributed by atoms with Crippen LogP contribution in [-0.2, 0) is 24.0 Å². The molecule has 0 aliphatic carbocycles. The number of unbranched alkanes of at least 4 members (excludes halogenated alkanes) is 1. The Labute approximate surface area is 181 Å². The van der Waals surface area contributed by atoms with Gasteiger partial charge in [-0.2, -0.15) is 0 Å². The van der Waals surface area contributed by atoms with E-state index in [1.807, 2.05) is 21.6 Å². The summed E-state index contributed by atoms with van der Waals surface area (Å²) in [6.07, 6.45) is 4.21. The van der Waals surface area contributed by atoms with Gasteiger partial charge in [0, 0.05) is 48.8 Å². The van der Waals surface area contributed by atoms with Crippen molar-refractivity contribution in [2.45, 2.75) is 44.9 Å². The highest BCUT2D eigenvalue weighted by molar-refractivity contribution is 8.77. The highest BCUT2D eigenvalue weighted by Crippen LogP contribution is 2.36. The van der Waals surface area contributed by atoms with Gasteiger partial charge in [-0.3, -0.25) is 14.4 Å². The van der Waals surface area contributed by atoms with Gasteiger partial charge in [-0.25, -0.2) is 4.79 Å². The molecule has 2 fully saturated rings. The van der Waals surface area contributed by atoms with Gasteiger partial charge in [-0.15, -0.1) is 5.06 Å². The maximum atomic E-state index is 11.8. The van der Waals surface area contributed by atoms with Crippen LogP contribution in [-0.4, -0.2) is 58.3 Å². The van der Waals surface area contributed by atoms with Crippen LogP contribution < -0.4 is 5.32 Å². The Hall–Kier alpha value is -0.520. The number of carbonyl (C=O) groups excluding carboxylic acids is 4. The second-order valence-electron chi connectivity index (χ2n) is 6.47. The second-order valence-corrected chi connectivity index (χ2v) is 11.7. The third kappa shape index (κ3) is 9.32. The van der Waals surface area contributed by atoms with Crippen molar-refractivity contribution >= 4 is 66.9 Å². The van der Waals surface area contributed by atoms with Crippen molar-refractivity contribution in [1.29, 1.82) is 0 Å². The first kappa shape index (κ1) is 23.8. The van der Waals surface area contributed by atoms with Crippen LogP contribution >= 0.6 is 43.2 Å². The first-order valence-electron chi connectivity index (χ1n) is 9.38. The lowest BCUT2D eigenvalue weighted by molar-refractivity contribution is -0.197. The predicted molar refractivity (Wildman–Crippen MR) is 117 cm³/mol. The van der Waals surface area contributed by atoms with E-state index in [2.05, 4.69) is 5.32 Å².